The molecule has 58 valence electrons. The van der Waals surface area contributed by atoms with Gasteiger partial charge in [-0.05, 0) is 20.3 Å². The minimum Gasteiger partial charge on any atom is -0.265 e. The highest BCUT2D eigenvalue weighted by molar-refractivity contribution is 4.94. The summed E-state index contributed by atoms with van der Waals surface area (Å²) in [7, 11) is 0. The van der Waals surface area contributed by atoms with Crippen molar-refractivity contribution in [2.45, 2.75) is 26.7 Å². The highest BCUT2D eigenvalue weighted by Crippen LogP contribution is 2.02. The van der Waals surface area contributed by atoms with Gasteiger partial charge in [-0.25, -0.2) is 0 Å². The van der Waals surface area contributed by atoms with Crippen molar-refractivity contribution in [1.82, 2.24) is 0 Å². The first-order valence-electron chi connectivity index (χ1n) is 3.40. The SMILES string of the molecule is C/C=C(\C)CCC[N+](=O)[O-]. The zero-order valence-corrected chi connectivity index (χ0v) is 6.46. The van der Waals surface area contributed by atoms with Crippen LogP contribution in [0.15, 0.2) is 11.6 Å². The third-order valence-electron chi connectivity index (χ3n) is 1.40. The topological polar surface area (TPSA) is 43.1 Å². The van der Waals surface area contributed by atoms with E-state index in [1.807, 2.05) is 19.9 Å². The van der Waals surface area contributed by atoms with Crippen LogP contribution in [0.1, 0.15) is 26.7 Å². The van der Waals surface area contributed by atoms with E-state index in [0.717, 1.165) is 6.42 Å². The van der Waals surface area contributed by atoms with Gasteiger partial charge in [-0.15, -0.1) is 0 Å². The van der Waals surface area contributed by atoms with Crippen molar-refractivity contribution in [3.63, 3.8) is 0 Å². The van der Waals surface area contributed by atoms with Crippen molar-refractivity contribution in [3.8, 4) is 0 Å². The number of hydrogen-bond acceptors (Lipinski definition) is 2. The fourth-order valence-electron chi connectivity index (χ4n) is 0.631. The number of nitro groups is 1. The Morgan fingerprint density at radius 3 is 2.70 bits per heavy atom. The van der Waals surface area contributed by atoms with Crippen molar-refractivity contribution in [2.75, 3.05) is 6.54 Å². The maximum absolute atomic E-state index is 9.86. The van der Waals surface area contributed by atoms with Crippen molar-refractivity contribution in [1.29, 1.82) is 0 Å². The lowest BCUT2D eigenvalue weighted by Gasteiger charge is -1.94. The summed E-state index contributed by atoms with van der Waals surface area (Å²) < 4.78 is 0. The zero-order chi connectivity index (χ0) is 7.98. The van der Waals surface area contributed by atoms with Crippen LogP contribution in [0.2, 0.25) is 0 Å². The standard InChI is InChI=1S/C7H13NO2/c1-3-7(2)5-4-6-8(9)10/h3H,4-6H2,1-2H3/b7-3+. The molecule has 3 nitrogen and oxygen atoms in total. The molecule has 3 heteroatoms. The minimum absolute atomic E-state index is 0.0885. The molecule has 0 saturated carbocycles. The lowest BCUT2D eigenvalue weighted by molar-refractivity contribution is -0.480. The van der Waals surface area contributed by atoms with E-state index in [0.29, 0.717) is 6.42 Å². The average Bonchev–Trinajstić information content (AvgIpc) is 1.87. The van der Waals surface area contributed by atoms with E-state index in [1.165, 1.54) is 5.57 Å². The highest BCUT2D eigenvalue weighted by atomic mass is 16.6. The normalized spacial score (nSPS) is 11.6. The van der Waals surface area contributed by atoms with E-state index in [-0.39, 0.29) is 11.5 Å². The van der Waals surface area contributed by atoms with Gasteiger partial charge in [0, 0.05) is 11.3 Å². The van der Waals surface area contributed by atoms with Gasteiger partial charge in [0.2, 0.25) is 6.54 Å². The van der Waals surface area contributed by atoms with E-state index < -0.39 is 0 Å². The van der Waals surface area contributed by atoms with Crippen LogP contribution >= 0.6 is 0 Å². The molecule has 0 fully saturated rings. The maximum atomic E-state index is 9.86. The minimum atomic E-state index is -0.275. The number of rotatable bonds is 4. The molecule has 0 saturated heterocycles. The van der Waals surface area contributed by atoms with Crippen molar-refractivity contribution >= 4 is 0 Å². The highest BCUT2D eigenvalue weighted by Gasteiger charge is 1.95. The van der Waals surface area contributed by atoms with E-state index in [9.17, 15) is 10.1 Å². The molecule has 0 aliphatic rings. The van der Waals surface area contributed by atoms with Crippen LogP contribution < -0.4 is 0 Å². The predicted octanol–water partition coefficient (Wildman–Crippen LogP) is 2.01. The van der Waals surface area contributed by atoms with Crippen LogP contribution in [-0.2, 0) is 0 Å². The van der Waals surface area contributed by atoms with Crippen LogP contribution in [0.4, 0.5) is 0 Å². The van der Waals surface area contributed by atoms with E-state index in [2.05, 4.69) is 0 Å². The largest absolute Gasteiger partial charge is 0.265 e. The molecule has 0 aromatic rings. The molecule has 0 spiro atoms. The number of allylic oxidation sites excluding steroid dienone is 2. The van der Waals surface area contributed by atoms with Gasteiger partial charge in [-0.3, -0.25) is 10.1 Å². The van der Waals surface area contributed by atoms with Crippen LogP contribution in [0.3, 0.4) is 0 Å². The third-order valence-corrected chi connectivity index (χ3v) is 1.40. The van der Waals surface area contributed by atoms with Crippen LogP contribution in [0, 0.1) is 10.1 Å². The van der Waals surface area contributed by atoms with Crippen LogP contribution in [-0.4, -0.2) is 11.5 Å². The second-order valence-electron chi connectivity index (χ2n) is 2.29. The Morgan fingerprint density at radius 2 is 2.30 bits per heavy atom. The average molecular weight is 143 g/mol. The molecular formula is C7H13NO2. The van der Waals surface area contributed by atoms with Gasteiger partial charge >= 0.3 is 0 Å². The van der Waals surface area contributed by atoms with Gasteiger partial charge in [0.1, 0.15) is 0 Å². The summed E-state index contributed by atoms with van der Waals surface area (Å²) in [5.74, 6) is 0. The first kappa shape index (κ1) is 9.14. The molecule has 0 aliphatic carbocycles. The molecule has 0 bridgehead atoms. The smallest absolute Gasteiger partial charge is 0.204 e. The van der Waals surface area contributed by atoms with Gasteiger partial charge in [0.25, 0.3) is 0 Å². The van der Waals surface area contributed by atoms with Gasteiger partial charge < -0.3 is 0 Å². The Morgan fingerprint density at radius 1 is 1.70 bits per heavy atom. The first-order chi connectivity index (χ1) is 4.66. The lowest BCUT2D eigenvalue weighted by atomic mass is 10.1. The molecule has 10 heavy (non-hydrogen) atoms. The Labute approximate surface area is 60.9 Å². The van der Waals surface area contributed by atoms with Crippen LogP contribution in [0.25, 0.3) is 0 Å². The van der Waals surface area contributed by atoms with Crippen molar-refractivity contribution in [2.24, 2.45) is 0 Å². The quantitative estimate of drug-likeness (QED) is 0.343. The summed E-state index contributed by atoms with van der Waals surface area (Å²) >= 11 is 0. The first-order valence-corrected chi connectivity index (χ1v) is 3.40. The molecule has 0 amide bonds. The maximum Gasteiger partial charge on any atom is 0.204 e. The molecule has 0 heterocycles. The second kappa shape index (κ2) is 4.97. The molecule has 0 unspecified atom stereocenters. The molecule has 0 N–H and O–H groups in total. The Kier molecular flexibility index (Phi) is 4.54. The van der Waals surface area contributed by atoms with E-state index >= 15 is 0 Å². The van der Waals surface area contributed by atoms with Crippen molar-refractivity contribution < 1.29 is 4.92 Å². The molecular weight excluding hydrogens is 130 g/mol. The van der Waals surface area contributed by atoms with Gasteiger partial charge in [0.05, 0.1) is 0 Å². The summed E-state index contributed by atoms with van der Waals surface area (Å²) in [6.45, 7) is 4.02. The summed E-state index contributed by atoms with van der Waals surface area (Å²) in [6.07, 6.45) is 3.49. The predicted molar refractivity (Wildman–Crippen MR) is 40.5 cm³/mol. The summed E-state index contributed by atoms with van der Waals surface area (Å²) in [6, 6.07) is 0. The zero-order valence-electron chi connectivity index (χ0n) is 6.46. The van der Waals surface area contributed by atoms with E-state index in [4.69, 9.17) is 0 Å². The Hall–Kier alpha value is -0.860. The molecule has 0 rings (SSSR count). The second-order valence-corrected chi connectivity index (χ2v) is 2.29. The monoisotopic (exact) mass is 143 g/mol. The molecule has 0 aliphatic heterocycles. The Balaban J connectivity index is 3.29. The van der Waals surface area contributed by atoms with Gasteiger partial charge in [-0.1, -0.05) is 11.6 Å². The summed E-state index contributed by atoms with van der Waals surface area (Å²) in [4.78, 5) is 9.58. The molecule has 0 aromatic carbocycles. The van der Waals surface area contributed by atoms with Gasteiger partial charge in [0.15, 0.2) is 0 Å². The Bertz CT molecular complexity index is 141. The molecule has 0 radical (unpaired) electrons. The summed E-state index contributed by atoms with van der Waals surface area (Å²) in [5, 5.41) is 9.86. The van der Waals surface area contributed by atoms with Crippen molar-refractivity contribution in [3.05, 3.63) is 21.8 Å². The lowest BCUT2D eigenvalue weighted by Crippen LogP contribution is -1.99. The summed E-state index contributed by atoms with van der Waals surface area (Å²) in [5.41, 5.74) is 1.22. The number of hydrogen-bond donors (Lipinski definition) is 0. The fourth-order valence-corrected chi connectivity index (χ4v) is 0.631. The van der Waals surface area contributed by atoms with Gasteiger partial charge in [-0.2, -0.15) is 0 Å². The number of nitrogens with zero attached hydrogens (tertiary/aromatic N) is 1. The van der Waals surface area contributed by atoms with E-state index in [1.54, 1.807) is 0 Å². The molecule has 0 aromatic heterocycles. The third kappa shape index (κ3) is 5.28. The molecule has 0 atom stereocenters. The fraction of sp³-hybridized carbons (Fsp3) is 0.714. The van der Waals surface area contributed by atoms with Crippen LogP contribution in [0.5, 0.6) is 0 Å².